The molecular formula is C81H161NO5. The van der Waals surface area contributed by atoms with Gasteiger partial charge in [-0.2, -0.15) is 0 Å². The molecule has 0 aliphatic heterocycles. The molecule has 0 saturated carbocycles. The number of amides is 1. The Labute approximate surface area is 547 Å². The molecule has 0 heterocycles. The average molecular weight is 1230 g/mol. The number of unbranched alkanes of at least 4 members (excludes halogenated alkanes) is 67. The molecule has 0 radical (unpaired) electrons. The number of rotatable bonds is 78. The number of aliphatic hydroxyl groups is 2. The number of nitrogens with one attached hydrogen (secondary N) is 1. The van der Waals surface area contributed by atoms with Crippen LogP contribution < -0.4 is 5.32 Å². The summed E-state index contributed by atoms with van der Waals surface area (Å²) in [6.45, 7) is 5.02. The van der Waals surface area contributed by atoms with Gasteiger partial charge in [0, 0.05) is 12.8 Å². The molecule has 520 valence electrons. The van der Waals surface area contributed by atoms with Crippen LogP contribution in [0.3, 0.4) is 0 Å². The summed E-state index contributed by atoms with van der Waals surface area (Å²) < 4.78 is 5.52. The van der Waals surface area contributed by atoms with Gasteiger partial charge in [-0.05, 0) is 25.7 Å². The van der Waals surface area contributed by atoms with E-state index in [1.807, 2.05) is 0 Å². The molecule has 0 saturated heterocycles. The highest BCUT2D eigenvalue weighted by Crippen LogP contribution is 2.21. The number of esters is 1. The van der Waals surface area contributed by atoms with Crippen molar-refractivity contribution in [2.24, 2.45) is 0 Å². The van der Waals surface area contributed by atoms with Gasteiger partial charge in [0.15, 0.2) is 0 Å². The topological polar surface area (TPSA) is 95.9 Å². The van der Waals surface area contributed by atoms with Gasteiger partial charge in [-0.3, -0.25) is 9.59 Å². The van der Waals surface area contributed by atoms with Crippen molar-refractivity contribution in [2.45, 2.75) is 495 Å². The summed E-state index contributed by atoms with van der Waals surface area (Å²) in [6, 6.07) is -0.537. The molecule has 0 spiro atoms. The Hall–Kier alpha value is -1.14. The minimum Gasteiger partial charge on any atom is -0.466 e. The summed E-state index contributed by atoms with van der Waals surface area (Å²) in [5.74, 6) is 0.00390. The second-order valence-corrected chi connectivity index (χ2v) is 28.5. The SMILES string of the molecule is CCCCCCCCCCCCCCCCCCCCC(O)C(CO)NC(=O)CCCCCCCCCCCCCCCCCCCCCCCCCCCCCCCCCCCCCOC(=O)CCCCCCCCCCCCCCCCCCC. The van der Waals surface area contributed by atoms with E-state index in [0.717, 1.165) is 38.5 Å². The number of hydrogen-bond acceptors (Lipinski definition) is 5. The van der Waals surface area contributed by atoms with Crippen LogP contribution in [-0.2, 0) is 14.3 Å². The molecule has 2 atom stereocenters. The first-order valence-corrected chi connectivity index (χ1v) is 40.8. The molecule has 6 nitrogen and oxygen atoms in total. The fraction of sp³-hybridized carbons (Fsp3) is 0.975. The molecule has 0 bridgehead atoms. The summed E-state index contributed by atoms with van der Waals surface area (Å²) in [5.41, 5.74) is 0. The number of carbonyl (C=O) groups is 2. The second-order valence-electron chi connectivity index (χ2n) is 28.5. The zero-order valence-corrected chi connectivity index (χ0v) is 59.8. The summed E-state index contributed by atoms with van der Waals surface area (Å²) in [6.07, 6.45) is 96.4. The van der Waals surface area contributed by atoms with Gasteiger partial charge < -0.3 is 20.3 Å². The fourth-order valence-corrected chi connectivity index (χ4v) is 13.5. The van der Waals surface area contributed by atoms with Gasteiger partial charge in [0.1, 0.15) is 0 Å². The summed E-state index contributed by atoms with van der Waals surface area (Å²) >= 11 is 0. The van der Waals surface area contributed by atoms with Crippen molar-refractivity contribution in [3.63, 3.8) is 0 Å². The van der Waals surface area contributed by atoms with Gasteiger partial charge in [-0.15, -0.1) is 0 Å². The van der Waals surface area contributed by atoms with Crippen molar-refractivity contribution in [3.8, 4) is 0 Å². The Morgan fingerprint density at radius 3 is 0.701 bits per heavy atom. The zero-order valence-electron chi connectivity index (χ0n) is 59.8. The molecule has 6 heteroatoms. The van der Waals surface area contributed by atoms with Crippen LogP contribution >= 0.6 is 0 Å². The summed E-state index contributed by atoms with van der Waals surface area (Å²) in [7, 11) is 0. The Bertz CT molecular complexity index is 1280. The second kappa shape index (κ2) is 77.3. The highest BCUT2D eigenvalue weighted by Gasteiger charge is 2.20. The highest BCUT2D eigenvalue weighted by atomic mass is 16.5. The van der Waals surface area contributed by atoms with Gasteiger partial charge in [-0.25, -0.2) is 0 Å². The molecule has 0 aromatic heterocycles. The summed E-state index contributed by atoms with van der Waals surface area (Å²) in [4.78, 5) is 24.7. The normalized spacial score (nSPS) is 12.4. The van der Waals surface area contributed by atoms with Crippen LogP contribution in [0.5, 0.6) is 0 Å². The lowest BCUT2D eigenvalue weighted by atomic mass is 10.0. The standard InChI is InChI=1S/C81H161NO5/c1-3-5-7-9-11-13-15-17-19-21-42-45-49-53-57-61-65-69-73-79(84)78(77-83)82-80(85)74-70-66-62-58-54-50-46-43-39-37-35-33-31-29-27-25-23-22-24-26-28-30-32-34-36-38-40-44-48-52-56-60-64-68-72-76-87-81(86)75-71-67-63-59-55-51-47-41-20-18-16-14-12-10-8-6-4-2/h78-79,83-84H,3-77H2,1-2H3,(H,82,85). The molecule has 0 aromatic carbocycles. The predicted molar refractivity (Wildman–Crippen MR) is 384 cm³/mol. The minimum atomic E-state index is -0.660. The molecule has 0 aromatic rings. The van der Waals surface area contributed by atoms with E-state index in [9.17, 15) is 19.8 Å². The van der Waals surface area contributed by atoms with Crippen molar-refractivity contribution in [1.82, 2.24) is 5.32 Å². The Balaban J connectivity index is 3.29. The molecule has 2 unspecified atom stereocenters. The van der Waals surface area contributed by atoms with Gasteiger partial charge in [0.05, 0.1) is 25.4 Å². The van der Waals surface area contributed by atoms with E-state index in [-0.39, 0.29) is 18.5 Å². The van der Waals surface area contributed by atoms with E-state index in [1.165, 1.54) is 411 Å². The third-order valence-electron chi connectivity index (χ3n) is 19.7. The monoisotopic (exact) mass is 1230 g/mol. The maximum Gasteiger partial charge on any atom is 0.305 e. The average Bonchev–Trinajstić information content (AvgIpc) is 3.58. The first-order valence-electron chi connectivity index (χ1n) is 40.8. The van der Waals surface area contributed by atoms with Crippen molar-refractivity contribution in [2.75, 3.05) is 13.2 Å². The molecular weight excluding hydrogens is 1070 g/mol. The highest BCUT2D eigenvalue weighted by molar-refractivity contribution is 5.76. The quantitative estimate of drug-likeness (QED) is 0.0417. The first kappa shape index (κ1) is 85.9. The van der Waals surface area contributed by atoms with Gasteiger partial charge >= 0.3 is 5.97 Å². The maximum atomic E-state index is 12.6. The van der Waals surface area contributed by atoms with Crippen LogP contribution in [0.15, 0.2) is 0 Å². The lowest BCUT2D eigenvalue weighted by Crippen LogP contribution is -2.45. The van der Waals surface area contributed by atoms with Crippen LogP contribution in [0.1, 0.15) is 483 Å². The molecule has 0 rings (SSSR count). The van der Waals surface area contributed by atoms with E-state index in [1.54, 1.807) is 0 Å². The Morgan fingerprint density at radius 1 is 0.276 bits per heavy atom. The van der Waals surface area contributed by atoms with E-state index in [2.05, 4.69) is 19.2 Å². The maximum absolute atomic E-state index is 12.6. The molecule has 87 heavy (non-hydrogen) atoms. The fourth-order valence-electron chi connectivity index (χ4n) is 13.5. The zero-order chi connectivity index (χ0) is 62.8. The van der Waals surface area contributed by atoms with Crippen molar-refractivity contribution in [3.05, 3.63) is 0 Å². The van der Waals surface area contributed by atoms with E-state index >= 15 is 0 Å². The molecule has 0 aliphatic rings. The largest absolute Gasteiger partial charge is 0.466 e. The molecule has 0 fully saturated rings. The molecule has 0 aliphatic carbocycles. The van der Waals surface area contributed by atoms with Crippen molar-refractivity contribution < 1.29 is 24.5 Å². The number of carbonyl (C=O) groups excluding carboxylic acids is 2. The van der Waals surface area contributed by atoms with Gasteiger partial charge in [0.25, 0.3) is 0 Å². The molecule has 1 amide bonds. The number of hydrogen-bond donors (Lipinski definition) is 3. The van der Waals surface area contributed by atoms with Crippen LogP contribution in [0.4, 0.5) is 0 Å². The van der Waals surface area contributed by atoms with Crippen LogP contribution in [0.25, 0.3) is 0 Å². The minimum absolute atomic E-state index is 0.0242. The van der Waals surface area contributed by atoms with Crippen LogP contribution in [0, 0.1) is 0 Å². The van der Waals surface area contributed by atoms with Crippen molar-refractivity contribution >= 4 is 11.9 Å². The smallest absolute Gasteiger partial charge is 0.305 e. The summed E-state index contributed by atoms with van der Waals surface area (Å²) in [5, 5.41) is 23.4. The van der Waals surface area contributed by atoms with Crippen LogP contribution in [0.2, 0.25) is 0 Å². The van der Waals surface area contributed by atoms with E-state index < -0.39 is 12.1 Å². The predicted octanol–water partition coefficient (Wildman–Crippen LogP) is 26.9. The van der Waals surface area contributed by atoms with E-state index in [0.29, 0.717) is 25.9 Å². The lowest BCUT2D eigenvalue weighted by Gasteiger charge is -2.22. The van der Waals surface area contributed by atoms with Crippen molar-refractivity contribution in [1.29, 1.82) is 0 Å². The number of aliphatic hydroxyl groups excluding tert-OH is 2. The third-order valence-corrected chi connectivity index (χ3v) is 19.7. The number of ether oxygens (including phenoxy) is 1. The van der Waals surface area contributed by atoms with Gasteiger partial charge in [-0.1, -0.05) is 444 Å². The lowest BCUT2D eigenvalue weighted by molar-refractivity contribution is -0.143. The Morgan fingerprint density at radius 2 is 0.471 bits per heavy atom. The van der Waals surface area contributed by atoms with Crippen LogP contribution in [-0.4, -0.2) is 47.4 Å². The Kier molecular flexibility index (Phi) is 76.3. The molecule has 3 N–H and O–H groups in total. The third kappa shape index (κ3) is 73.8. The van der Waals surface area contributed by atoms with E-state index in [4.69, 9.17) is 4.74 Å². The van der Waals surface area contributed by atoms with Gasteiger partial charge in [0.2, 0.25) is 5.91 Å². The first-order chi connectivity index (χ1) is 43.0.